The summed E-state index contributed by atoms with van der Waals surface area (Å²) >= 11 is 7.78. The third-order valence-corrected chi connectivity index (χ3v) is 8.92. The van der Waals surface area contributed by atoms with Crippen LogP contribution in [-0.2, 0) is 16.0 Å². The number of ether oxygens (including phenoxy) is 1. The zero-order valence-corrected chi connectivity index (χ0v) is 25.8. The van der Waals surface area contributed by atoms with Crippen molar-refractivity contribution in [2.45, 2.75) is 45.8 Å². The van der Waals surface area contributed by atoms with Gasteiger partial charge in [-0.15, -0.1) is 11.3 Å². The Morgan fingerprint density at radius 1 is 1.05 bits per heavy atom. The molecule has 0 bridgehead atoms. The minimum atomic E-state index is -1.16. The Balaban J connectivity index is 1.51. The zero-order chi connectivity index (χ0) is 29.8. The second kappa shape index (κ2) is 10.8. The van der Waals surface area contributed by atoms with Crippen molar-refractivity contribution >= 4 is 44.8 Å². The van der Waals surface area contributed by atoms with E-state index < -0.39 is 17.7 Å². The number of nitrogens with zero attached hydrogens (tertiary/aromatic N) is 3. The van der Waals surface area contributed by atoms with Gasteiger partial charge in [0.1, 0.15) is 5.01 Å². The molecule has 1 aliphatic rings. The van der Waals surface area contributed by atoms with E-state index in [4.69, 9.17) is 21.3 Å². The number of aliphatic carboxylic acids is 1. The van der Waals surface area contributed by atoms with E-state index in [0.717, 1.165) is 61.7 Å². The maximum Gasteiger partial charge on any atom is 0.337 e. The first-order chi connectivity index (χ1) is 20.0. The third-order valence-electron chi connectivity index (χ3n) is 7.53. The van der Waals surface area contributed by atoms with Crippen molar-refractivity contribution in [3.05, 3.63) is 88.6 Å². The van der Waals surface area contributed by atoms with Gasteiger partial charge in [-0.2, -0.15) is 0 Å². The largest absolute Gasteiger partial charge is 0.479 e. The van der Waals surface area contributed by atoms with E-state index >= 15 is 0 Å². The quantitative estimate of drug-likeness (QED) is 0.211. The number of likely N-dealkylation sites (N-methyl/N-ethyl adjacent to an activating group) is 1. The number of aryl methyl sites for hydroxylation is 1. The molecule has 0 amide bonds. The average Bonchev–Trinajstić information content (AvgIpc) is 3.54. The van der Waals surface area contributed by atoms with Crippen molar-refractivity contribution in [1.29, 1.82) is 0 Å². The van der Waals surface area contributed by atoms with E-state index in [0.29, 0.717) is 10.6 Å². The van der Waals surface area contributed by atoms with Gasteiger partial charge in [0, 0.05) is 52.8 Å². The topological polar surface area (TPSA) is 75.5 Å². The highest BCUT2D eigenvalue weighted by Gasteiger charge is 2.32. The summed E-state index contributed by atoms with van der Waals surface area (Å²) in [6, 6.07) is 20.0. The van der Waals surface area contributed by atoms with Gasteiger partial charge in [-0.3, -0.25) is 4.98 Å². The molecule has 0 spiro atoms. The Morgan fingerprint density at radius 3 is 2.50 bits per heavy atom. The molecule has 1 atom stereocenters. The molecule has 214 valence electrons. The van der Waals surface area contributed by atoms with Gasteiger partial charge in [-0.1, -0.05) is 29.8 Å². The maximum atomic E-state index is 12.6. The molecular weight excluding hydrogens is 566 g/mol. The molecule has 3 aromatic carbocycles. The fourth-order valence-electron chi connectivity index (χ4n) is 5.61. The summed E-state index contributed by atoms with van der Waals surface area (Å²) in [6.07, 6.45) is 1.70. The number of benzene rings is 3. The van der Waals surface area contributed by atoms with Crippen LogP contribution in [0.4, 0.5) is 5.69 Å². The second-order valence-electron chi connectivity index (χ2n) is 11.7. The number of anilines is 1. The van der Waals surface area contributed by atoms with Crippen LogP contribution < -0.4 is 4.90 Å². The number of carboxylic acids is 1. The summed E-state index contributed by atoms with van der Waals surface area (Å²) in [4.78, 5) is 24.6. The highest BCUT2D eigenvalue weighted by Crippen LogP contribution is 2.44. The monoisotopic (exact) mass is 597 g/mol. The molecule has 0 aliphatic carbocycles. The minimum absolute atomic E-state index is 0.609. The molecule has 6 rings (SSSR count). The van der Waals surface area contributed by atoms with Crippen LogP contribution in [0.2, 0.25) is 5.02 Å². The highest BCUT2D eigenvalue weighted by atomic mass is 35.5. The first-order valence-corrected chi connectivity index (χ1v) is 15.1. The Bertz CT molecular complexity index is 1830. The van der Waals surface area contributed by atoms with Crippen LogP contribution in [0.15, 0.2) is 66.9 Å². The zero-order valence-electron chi connectivity index (χ0n) is 24.2. The first kappa shape index (κ1) is 28.3. The lowest BCUT2D eigenvalue weighted by Gasteiger charge is -2.28. The number of carbonyl (C=O) groups is 1. The van der Waals surface area contributed by atoms with E-state index in [2.05, 4.69) is 41.2 Å². The third kappa shape index (κ3) is 5.40. The molecule has 0 radical (unpaired) electrons. The van der Waals surface area contributed by atoms with Gasteiger partial charge >= 0.3 is 5.97 Å². The van der Waals surface area contributed by atoms with E-state index in [1.165, 1.54) is 11.3 Å². The van der Waals surface area contributed by atoms with Crippen molar-refractivity contribution < 1.29 is 14.6 Å². The molecule has 42 heavy (non-hydrogen) atoms. The Labute approximate surface area is 254 Å². The summed E-state index contributed by atoms with van der Waals surface area (Å²) in [5.41, 5.74) is 8.78. The molecule has 0 fully saturated rings. The number of halogens is 1. The fraction of sp³-hybridized carbons (Fsp3) is 0.265. The Hall–Kier alpha value is -3.78. The lowest BCUT2D eigenvalue weighted by Crippen LogP contribution is -2.28. The Morgan fingerprint density at radius 2 is 1.79 bits per heavy atom. The van der Waals surface area contributed by atoms with Crippen molar-refractivity contribution in [2.75, 3.05) is 18.5 Å². The Kier molecular flexibility index (Phi) is 7.29. The normalized spacial score (nSPS) is 13.9. The van der Waals surface area contributed by atoms with Crippen LogP contribution in [-0.4, -0.2) is 40.2 Å². The minimum Gasteiger partial charge on any atom is -0.479 e. The highest BCUT2D eigenvalue weighted by molar-refractivity contribution is 7.22. The number of aromatic nitrogens is 2. The number of pyridine rings is 1. The van der Waals surface area contributed by atoms with Gasteiger partial charge in [0.05, 0.1) is 21.5 Å². The summed E-state index contributed by atoms with van der Waals surface area (Å²) in [5.74, 6) is -1.04. The molecular formula is C34H32ClN3O3S. The molecule has 6 nitrogen and oxygen atoms in total. The lowest BCUT2D eigenvalue weighted by molar-refractivity contribution is -0.160. The van der Waals surface area contributed by atoms with E-state index in [1.54, 1.807) is 11.3 Å². The average molecular weight is 598 g/mol. The van der Waals surface area contributed by atoms with Crippen LogP contribution >= 0.6 is 22.9 Å². The van der Waals surface area contributed by atoms with Gasteiger partial charge in [-0.05, 0) is 93.3 Å². The SMILES string of the molecule is Cc1cc2nc(-c3ccnc(-c4ccc5c(c4)CCN5C)c3)sc2c(-c2ccc(Cl)cc2)c1[C@H](OC(C)(C)C)C(=O)O. The van der Waals surface area contributed by atoms with Crippen LogP contribution in [0.3, 0.4) is 0 Å². The van der Waals surface area contributed by atoms with Gasteiger partial charge in [0.2, 0.25) is 0 Å². The predicted octanol–water partition coefficient (Wildman–Crippen LogP) is 8.59. The number of rotatable bonds is 6. The van der Waals surface area contributed by atoms with Gasteiger partial charge in [-0.25, -0.2) is 9.78 Å². The number of hydrogen-bond acceptors (Lipinski definition) is 6. The van der Waals surface area contributed by atoms with Crippen molar-refractivity contribution in [2.24, 2.45) is 0 Å². The molecule has 2 aromatic heterocycles. The van der Waals surface area contributed by atoms with Crippen LogP contribution in [0, 0.1) is 6.92 Å². The van der Waals surface area contributed by atoms with Crippen molar-refractivity contribution in [3.63, 3.8) is 0 Å². The summed E-state index contributed by atoms with van der Waals surface area (Å²) in [5, 5.41) is 11.8. The lowest BCUT2D eigenvalue weighted by atomic mass is 9.91. The molecule has 0 unspecified atom stereocenters. The van der Waals surface area contributed by atoms with Crippen molar-refractivity contribution in [3.8, 4) is 33.0 Å². The summed E-state index contributed by atoms with van der Waals surface area (Å²) < 4.78 is 7.04. The van der Waals surface area contributed by atoms with Crippen LogP contribution in [0.5, 0.6) is 0 Å². The van der Waals surface area contributed by atoms with Gasteiger partial charge in [0.15, 0.2) is 6.10 Å². The molecule has 0 saturated carbocycles. The smallest absolute Gasteiger partial charge is 0.337 e. The van der Waals surface area contributed by atoms with Crippen LogP contribution in [0.25, 0.3) is 43.2 Å². The first-order valence-electron chi connectivity index (χ1n) is 13.9. The summed E-state index contributed by atoms with van der Waals surface area (Å²) in [6.45, 7) is 8.54. The van der Waals surface area contributed by atoms with Gasteiger partial charge in [0.25, 0.3) is 0 Å². The second-order valence-corrected chi connectivity index (χ2v) is 13.2. The number of hydrogen-bond donors (Lipinski definition) is 1. The molecule has 1 N–H and O–H groups in total. The number of fused-ring (bicyclic) bond motifs is 2. The fourth-order valence-corrected chi connectivity index (χ4v) is 6.86. The van der Waals surface area contributed by atoms with Gasteiger partial charge < -0.3 is 14.7 Å². The number of thiazole rings is 1. The molecule has 5 aromatic rings. The standard InChI is InChI=1S/C34H32ClN3O3S/c1-19-16-26-31(29(20-6-9-24(35)10-7-20)28(19)30(33(39)40)41-34(2,3)4)42-32(37-26)23-12-14-36-25(18-23)21-8-11-27-22(17-21)13-15-38(27)5/h6-12,14,16-18,30H,13,15H2,1-5H3,(H,39,40)/t30-/m0/s1. The number of carboxylic acid groups (broad SMARTS) is 1. The van der Waals surface area contributed by atoms with E-state index in [-0.39, 0.29) is 0 Å². The molecule has 3 heterocycles. The molecule has 1 aliphatic heterocycles. The van der Waals surface area contributed by atoms with E-state index in [9.17, 15) is 9.90 Å². The summed E-state index contributed by atoms with van der Waals surface area (Å²) in [7, 11) is 2.12. The molecule has 0 saturated heterocycles. The van der Waals surface area contributed by atoms with E-state index in [1.807, 2.05) is 70.3 Å². The maximum absolute atomic E-state index is 12.6. The van der Waals surface area contributed by atoms with Crippen molar-refractivity contribution in [1.82, 2.24) is 9.97 Å². The van der Waals surface area contributed by atoms with Crippen LogP contribution in [0.1, 0.15) is 43.6 Å². The predicted molar refractivity (Wildman–Crippen MR) is 172 cm³/mol. The molecule has 8 heteroatoms.